The number of nitro groups is 1. The van der Waals surface area contributed by atoms with Gasteiger partial charge in [0.2, 0.25) is 0 Å². The van der Waals surface area contributed by atoms with E-state index in [9.17, 15) is 14.9 Å². The number of hydrogen-bond acceptors (Lipinski definition) is 5. The van der Waals surface area contributed by atoms with Crippen LogP contribution >= 0.6 is 0 Å². The summed E-state index contributed by atoms with van der Waals surface area (Å²) in [6, 6.07) is 11.4. The maximum atomic E-state index is 12.3. The molecule has 1 N–H and O–H groups in total. The molecular formula is C17H18N2O5. The van der Waals surface area contributed by atoms with E-state index >= 15 is 0 Å². The van der Waals surface area contributed by atoms with Crippen LogP contribution in [-0.4, -0.2) is 31.6 Å². The van der Waals surface area contributed by atoms with Crippen LogP contribution in [0.25, 0.3) is 0 Å². The third kappa shape index (κ3) is 4.01. The summed E-state index contributed by atoms with van der Waals surface area (Å²) in [5.41, 5.74) is 0.934. The number of hydrogen-bond donors (Lipinski definition) is 1. The zero-order valence-corrected chi connectivity index (χ0v) is 13.4. The first kappa shape index (κ1) is 17.3. The minimum atomic E-state index is -0.551. The summed E-state index contributed by atoms with van der Waals surface area (Å²) in [6.45, 7) is 0.366. The molecule has 126 valence electrons. The van der Waals surface area contributed by atoms with Crippen molar-refractivity contribution in [2.45, 2.75) is 6.42 Å². The summed E-state index contributed by atoms with van der Waals surface area (Å²) in [6.07, 6.45) is 0.576. The monoisotopic (exact) mass is 330 g/mol. The fraction of sp³-hybridized carbons (Fsp3) is 0.235. The fourth-order valence-electron chi connectivity index (χ4n) is 2.30. The van der Waals surface area contributed by atoms with Crippen molar-refractivity contribution in [1.29, 1.82) is 0 Å². The number of carbonyl (C=O) groups excluding carboxylic acids is 1. The number of nitro benzene ring substituents is 1. The Balaban J connectivity index is 2.07. The summed E-state index contributed by atoms with van der Waals surface area (Å²) in [5, 5.41) is 13.6. The van der Waals surface area contributed by atoms with Crippen molar-refractivity contribution < 1.29 is 19.2 Å². The number of ether oxygens (including phenoxy) is 2. The highest BCUT2D eigenvalue weighted by molar-refractivity contribution is 5.97. The van der Waals surface area contributed by atoms with Gasteiger partial charge in [-0.2, -0.15) is 0 Å². The molecule has 0 aliphatic heterocycles. The van der Waals surface area contributed by atoms with Crippen LogP contribution < -0.4 is 14.8 Å². The number of nitrogens with zero attached hydrogens (tertiary/aromatic N) is 1. The molecule has 7 nitrogen and oxygen atoms in total. The number of non-ortho nitro benzene ring substituents is 1. The Hall–Kier alpha value is -3.09. The molecule has 2 aromatic rings. The number of methoxy groups -OCH3 is 2. The van der Waals surface area contributed by atoms with E-state index in [1.165, 1.54) is 25.3 Å². The van der Waals surface area contributed by atoms with E-state index in [1.807, 2.05) is 24.3 Å². The first-order valence-electron chi connectivity index (χ1n) is 7.29. The highest BCUT2D eigenvalue weighted by Crippen LogP contribution is 2.24. The van der Waals surface area contributed by atoms with Crippen LogP contribution in [0.1, 0.15) is 15.9 Å². The third-order valence-electron chi connectivity index (χ3n) is 3.51. The maximum Gasteiger partial charge on any atom is 0.270 e. The molecule has 0 saturated carbocycles. The van der Waals surface area contributed by atoms with Gasteiger partial charge in [-0.15, -0.1) is 0 Å². The van der Waals surface area contributed by atoms with Crippen molar-refractivity contribution in [3.63, 3.8) is 0 Å². The second-order valence-electron chi connectivity index (χ2n) is 4.96. The number of amides is 1. The predicted molar refractivity (Wildman–Crippen MR) is 88.7 cm³/mol. The van der Waals surface area contributed by atoms with Gasteiger partial charge in [-0.05, 0) is 24.1 Å². The minimum Gasteiger partial charge on any atom is -0.496 e. The highest BCUT2D eigenvalue weighted by atomic mass is 16.6. The van der Waals surface area contributed by atoms with E-state index in [2.05, 4.69) is 5.32 Å². The lowest BCUT2D eigenvalue weighted by Crippen LogP contribution is -2.26. The Morgan fingerprint density at radius 3 is 2.50 bits per heavy atom. The Morgan fingerprint density at radius 2 is 1.83 bits per heavy atom. The maximum absolute atomic E-state index is 12.3. The molecule has 7 heteroatoms. The number of benzene rings is 2. The van der Waals surface area contributed by atoms with Crippen LogP contribution in [0.2, 0.25) is 0 Å². The lowest BCUT2D eigenvalue weighted by molar-refractivity contribution is -0.384. The molecular weight excluding hydrogens is 312 g/mol. The van der Waals surface area contributed by atoms with Crippen molar-refractivity contribution in [2.75, 3.05) is 20.8 Å². The van der Waals surface area contributed by atoms with E-state index < -0.39 is 10.8 Å². The summed E-state index contributed by atoms with van der Waals surface area (Å²) in [4.78, 5) is 22.6. The Bertz CT molecular complexity index is 746. The molecule has 0 bridgehead atoms. The molecule has 0 radical (unpaired) electrons. The molecule has 0 heterocycles. The van der Waals surface area contributed by atoms with Crippen molar-refractivity contribution in [3.05, 3.63) is 63.7 Å². The van der Waals surface area contributed by atoms with Gasteiger partial charge < -0.3 is 14.8 Å². The van der Waals surface area contributed by atoms with Crippen LogP contribution in [0.3, 0.4) is 0 Å². The zero-order chi connectivity index (χ0) is 17.5. The summed E-state index contributed by atoms with van der Waals surface area (Å²) < 4.78 is 10.4. The highest BCUT2D eigenvalue weighted by Gasteiger charge is 2.17. The molecule has 24 heavy (non-hydrogen) atoms. The van der Waals surface area contributed by atoms with Gasteiger partial charge in [0.1, 0.15) is 11.5 Å². The second kappa shape index (κ2) is 7.96. The normalized spacial score (nSPS) is 10.1. The molecule has 0 spiro atoms. The molecule has 0 saturated heterocycles. The van der Waals surface area contributed by atoms with Crippen LogP contribution in [0.4, 0.5) is 5.69 Å². The number of rotatable bonds is 7. The van der Waals surface area contributed by atoms with Gasteiger partial charge in [0.05, 0.1) is 24.7 Å². The van der Waals surface area contributed by atoms with Crippen molar-refractivity contribution in [2.24, 2.45) is 0 Å². The molecule has 0 aromatic heterocycles. The molecule has 0 atom stereocenters. The van der Waals surface area contributed by atoms with Gasteiger partial charge in [0, 0.05) is 18.7 Å². The molecule has 2 rings (SSSR count). The lowest BCUT2D eigenvalue weighted by atomic mass is 10.1. The standard InChI is InChI=1S/C17H18N2O5/c1-23-15-6-4-3-5-12(15)9-10-18-17(20)14-11-13(19(21)22)7-8-16(14)24-2/h3-8,11H,9-10H2,1-2H3,(H,18,20). The van der Waals surface area contributed by atoms with E-state index in [0.717, 1.165) is 11.3 Å². The van der Waals surface area contributed by atoms with E-state index in [-0.39, 0.29) is 17.0 Å². The average molecular weight is 330 g/mol. The second-order valence-corrected chi connectivity index (χ2v) is 4.96. The first-order valence-corrected chi connectivity index (χ1v) is 7.29. The van der Waals surface area contributed by atoms with Gasteiger partial charge >= 0.3 is 0 Å². The SMILES string of the molecule is COc1ccccc1CCNC(=O)c1cc([N+](=O)[O-])ccc1OC. The topological polar surface area (TPSA) is 90.7 Å². The van der Waals surface area contributed by atoms with Gasteiger partial charge in [-0.25, -0.2) is 0 Å². The molecule has 1 amide bonds. The average Bonchev–Trinajstić information content (AvgIpc) is 2.61. The van der Waals surface area contributed by atoms with Gasteiger partial charge in [0.25, 0.3) is 11.6 Å². The van der Waals surface area contributed by atoms with Crippen LogP contribution in [-0.2, 0) is 6.42 Å². The summed E-state index contributed by atoms with van der Waals surface area (Å²) in [7, 11) is 3.00. The molecule has 0 aliphatic rings. The number of nitrogens with one attached hydrogen (secondary N) is 1. The van der Waals surface area contributed by atoms with Crippen molar-refractivity contribution in [1.82, 2.24) is 5.32 Å². The van der Waals surface area contributed by atoms with Crippen LogP contribution in [0.15, 0.2) is 42.5 Å². The Kier molecular flexibility index (Phi) is 5.73. The fourth-order valence-corrected chi connectivity index (χ4v) is 2.30. The Labute approximate surface area is 139 Å². The summed E-state index contributed by atoms with van der Waals surface area (Å²) >= 11 is 0. The minimum absolute atomic E-state index is 0.131. The first-order chi connectivity index (χ1) is 11.6. The van der Waals surface area contributed by atoms with Gasteiger partial charge in [-0.3, -0.25) is 14.9 Å². The van der Waals surface area contributed by atoms with Crippen molar-refractivity contribution in [3.8, 4) is 11.5 Å². The van der Waals surface area contributed by atoms with Crippen LogP contribution in [0.5, 0.6) is 11.5 Å². The lowest BCUT2D eigenvalue weighted by Gasteiger charge is -2.11. The zero-order valence-electron chi connectivity index (χ0n) is 13.4. The molecule has 0 unspecified atom stereocenters. The Morgan fingerprint density at radius 1 is 1.12 bits per heavy atom. The van der Waals surface area contributed by atoms with Gasteiger partial charge in [-0.1, -0.05) is 18.2 Å². The molecule has 0 aliphatic carbocycles. The number of para-hydroxylation sites is 1. The molecule has 0 fully saturated rings. The van der Waals surface area contributed by atoms with E-state index in [4.69, 9.17) is 9.47 Å². The quantitative estimate of drug-likeness (QED) is 0.622. The van der Waals surface area contributed by atoms with E-state index in [1.54, 1.807) is 7.11 Å². The largest absolute Gasteiger partial charge is 0.496 e. The van der Waals surface area contributed by atoms with Crippen molar-refractivity contribution >= 4 is 11.6 Å². The summed E-state index contributed by atoms with van der Waals surface area (Å²) in [5.74, 6) is 0.612. The van der Waals surface area contributed by atoms with Crippen LogP contribution in [0, 0.1) is 10.1 Å². The number of carbonyl (C=O) groups is 1. The smallest absolute Gasteiger partial charge is 0.270 e. The van der Waals surface area contributed by atoms with Gasteiger partial charge in [0.15, 0.2) is 0 Å². The molecule has 2 aromatic carbocycles. The third-order valence-corrected chi connectivity index (χ3v) is 3.51. The van der Waals surface area contributed by atoms with E-state index in [0.29, 0.717) is 13.0 Å². The predicted octanol–water partition coefficient (Wildman–Crippen LogP) is 2.58.